The van der Waals surface area contributed by atoms with Crippen molar-refractivity contribution in [3.05, 3.63) is 35.3 Å². The van der Waals surface area contributed by atoms with Crippen LogP contribution >= 0.6 is 0 Å². The second-order valence-electron chi connectivity index (χ2n) is 2.98. The van der Waals surface area contributed by atoms with Gasteiger partial charge in [-0.05, 0) is 25.1 Å². The maximum Gasteiger partial charge on any atom is 0.339 e. The van der Waals surface area contributed by atoms with Crippen molar-refractivity contribution in [2.24, 2.45) is 0 Å². The number of carbonyl (C=O) groups is 1. The van der Waals surface area contributed by atoms with E-state index in [2.05, 4.69) is 0 Å². The Morgan fingerprint density at radius 2 is 2.21 bits per heavy atom. The van der Waals surface area contributed by atoms with Crippen molar-refractivity contribution in [3.63, 3.8) is 0 Å². The number of fused-ring (bicyclic) bond motifs is 1. The Balaban J connectivity index is 2.86. The van der Waals surface area contributed by atoms with Crippen LogP contribution in [-0.4, -0.2) is 11.1 Å². The maximum atomic E-state index is 12.9. The van der Waals surface area contributed by atoms with E-state index in [-0.39, 0.29) is 11.3 Å². The number of hydrogen-bond acceptors (Lipinski definition) is 2. The summed E-state index contributed by atoms with van der Waals surface area (Å²) in [6.45, 7) is 1.54. The minimum Gasteiger partial charge on any atom is -0.478 e. The highest BCUT2D eigenvalue weighted by Crippen LogP contribution is 2.25. The fourth-order valence-electron chi connectivity index (χ4n) is 1.46. The van der Waals surface area contributed by atoms with Gasteiger partial charge in [0.1, 0.15) is 22.7 Å². The molecule has 1 aromatic heterocycles. The van der Waals surface area contributed by atoms with Gasteiger partial charge < -0.3 is 9.52 Å². The molecule has 3 nitrogen and oxygen atoms in total. The summed E-state index contributed by atoms with van der Waals surface area (Å²) in [5.74, 6) is -1.29. The zero-order valence-electron chi connectivity index (χ0n) is 7.37. The van der Waals surface area contributed by atoms with Crippen LogP contribution in [-0.2, 0) is 0 Å². The molecule has 1 heterocycles. The smallest absolute Gasteiger partial charge is 0.339 e. The van der Waals surface area contributed by atoms with Crippen molar-refractivity contribution < 1.29 is 18.7 Å². The topological polar surface area (TPSA) is 50.4 Å². The summed E-state index contributed by atoms with van der Waals surface area (Å²) in [7, 11) is 0. The number of carboxylic acid groups (broad SMARTS) is 1. The van der Waals surface area contributed by atoms with E-state index >= 15 is 0 Å². The van der Waals surface area contributed by atoms with Crippen molar-refractivity contribution in [1.82, 2.24) is 0 Å². The standard InChI is InChI=1S/C10H7FO3/c1-5-9(10(12)13)7-4-6(11)2-3-8(7)14-5/h2-4H,1H3,(H,12,13). The van der Waals surface area contributed by atoms with E-state index in [0.717, 1.165) is 6.07 Å². The number of furan rings is 1. The molecule has 1 aromatic carbocycles. The van der Waals surface area contributed by atoms with Crippen LogP contribution in [0.15, 0.2) is 22.6 Å². The van der Waals surface area contributed by atoms with Crippen molar-refractivity contribution in [3.8, 4) is 0 Å². The summed E-state index contributed by atoms with van der Waals surface area (Å²) < 4.78 is 18.0. The average Bonchev–Trinajstić information content (AvgIpc) is 2.40. The molecular weight excluding hydrogens is 187 g/mol. The van der Waals surface area contributed by atoms with Crippen LogP contribution in [0.3, 0.4) is 0 Å². The first-order valence-corrected chi connectivity index (χ1v) is 4.01. The molecular formula is C10H7FO3. The van der Waals surface area contributed by atoms with E-state index in [1.165, 1.54) is 12.1 Å². The molecule has 0 atom stereocenters. The first kappa shape index (κ1) is 8.74. The molecule has 0 aliphatic rings. The van der Waals surface area contributed by atoms with E-state index in [0.29, 0.717) is 11.0 Å². The maximum absolute atomic E-state index is 12.9. The van der Waals surface area contributed by atoms with Gasteiger partial charge in [0, 0.05) is 5.39 Å². The van der Waals surface area contributed by atoms with Crippen LogP contribution in [0.25, 0.3) is 11.0 Å². The lowest BCUT2D eigenvalue weighted by Crippen LogP contribution is -1.96. The molecule has 0 amide bonds. The number of rotatable bonds is 1. The van der Waals surface area contributed by atoms with Crippen molar-refractivity contribution in [2.45, 2.75) is 6.92 Å². The Hall–Kier alpha value is -1.84. The molecule has 2 rings (SSSR count). The summed E-state index contributed by atoms with van der Waals surface area (Å²) in [5.41, 5.74) is 0.417. The molecule has 0 aliphatic heterocycles. The van der Waals surface area contributed by atoms with Gasteiger partial charge in [0.2, 0.25) is 0 Å². The molecule has 0 saturated carbocycles. The average molecular weight is 194 g/mol. The zero-order chi connectivity index (χ0) is 10.3. The molecule has 72 valence electrons. The van der Waals surface area contributed by atoms with Gasteiger partial charge in [-0.3, -0.25) is 0 Å². The van der Waals surface area contributed by atoms with Crippen molar-refractivity contribution >= 4 is 16.9 Å². The van der Waals surface area contributed by atoms with Gasteiger partial charge in [0.25, 0.3) is 0 Å². The van der Waals surface area contributed by atoms with Gasteiger partial charge in [0.05, 0.1) is 0 Å². The van der Waals surface area contributed by atoms with Gasteiger partial charge >= 0.3 is 5.97 Å². The number of aromatic carboxylic acids is 1. The lowest BCUT2D eigenvalue weighted by molar-refractivity contribution is 0.0697. The van der Waals surface area contributed by atoms with E-state index in [1.54, 1.807) is 6.92 Å². The Bertz CT molecular complexity index is 513. The summed E-state index contributed by atoms with van der Waals surface area (Å²) in [4.78, 5) is 10.8. The highest BCUT2D eigenvalue weighted by Gasteiger charge is 2.17. The highest BCUT2D eigenvalue weighted by atomic mass is 19.1. The molecule has 14 heavy (non-hydrogen) atoms. The Labute approximate surface area is 78.8 Å². The van der Waals surface area contributed by atoms with E-state index in [9.17, 15) is 9.18 Å². The van der Waals surface area contributed by atoms with E-state index < -0.39 is 11.8 Å². The monoisotopic (exact) mass is 194 g/mol. The van der Waals surface area contributed by atoms with Crippen LogP contribution in [0.4, 0.5) is 4.39 Å². The molecule has 0 saturated heterocycles. The fourth-order valence-corrected chi connectivity index (χ4v) is 1.46. The second-order valence-corrected chi connectivity index (χ2v) is 2.98. The summed E-state index contributed by atoms with van der Waals surface area (Å²) >= 11 is 0. The number of hydrogen-bond donors (Lipinski definition) is 1. The Kier molecular flexibility index (Phi) is 1.77. The molecule has 0 bridgehead atoms. The first-order chi connectivity index (χ1) is 6.59. The molecule has 1 N–H and O–H groups in total. The number of halogens is 1. The molecule has 0 unspecified atom stereocenters. The SMILES string of the molecule is Cc1oc2ccc(F)cc2c1C(=O)O. The third kappa shape index (κ3) is 1.16. The third-order valence-corrected chi connectivity index (χ3v) is 2.04. The minimum atomic E-state index is -1.10. The van der Waals surface area contributed by atoms with Crippen molar-refractivity contribution in [1.29, 1.82) is 0 Å². The molecule has 4 heteroatoms. The van der Waals surface area contributed by atoms with E-state index in [4.69, 9.17) is 9.52 Å². The molecule has 2 aromatic rings. The lowest BCUT2D eigenvalue weighted by Gasteiger charge is -1.91. The van der Waals surface area contributed by atoms with E-state index in [1.807, 2.05) is 0 Å². The molecule has 0 aliphatic carbocycles. The third-order valence-electron chi connectivity index (χ3n) is 2.04. The molecule has 0 fully saturated rings. The second kappa shape index (κ2) is 2.83. The predicted octanol–water partition coefficient (Wildman–Crippen LogP) is 2.58. The lowest BCUT2D eigenvalue weighted by atomic mass is 10.1. The normalized spacial score (nSPS) is 10.7. The molecule has 0 radical (unpaired) electrons. The van der Waals surface area contributed by atoms with Gasteiger partial charge in [-0.2, -0.15) is 0 Å². The van der Waals surface area contributed by atoms with Gasteiger partial charge in [0.15, 0.2) is 0 Å². The first-order valence-electron chi connectivity index (χ1n) is 4.01. The highest BCUT2D eigenvalue weighted by molar-refractivity contribution is 6.03. The predicted molar refractivity (Wildman–Crippen MR) is 47.9 cm³/mol. The largest absolute Gasteiger partial charge is 0.478 e. The Morgan fingerprint density at radius 1 is 1.50 bits per heavy atom. The number of benzene rings is 1. The number of aryl methyl sites for hydroxylation is 1. The van der Waals surface area contributed by atoms with Gasteiger partial charge in [-0.15, -0.1) is 0 Å². The number of carboxylic acids is 1. The van der Waals surface area contributed by atoms with Gasteiger partial charge in [-0.1, -0.05) is 0 Å². The summed E-state index contributed by atoms with van der Waals surface area (Å²) in [5, 5.41) is 9.16. The van der Waals surface area contributed by atoms with Crippen LogP contribution < -0.4 is 0 Å². The summed E-state index contributed by atoms with van der Waals surface area (Å²) in [6, 6.07) is 3.82. The quantitative estimate of drug-likeness (QED) is 0.758. The van der Waals surface area contributed by atoms with Gasteiger partial charge in [-0.25, -0.2) is 9.18 Å². The van der Waals surface area contributed by atoms with Crippen LogP contribution in [0.5, 0.6) is 0 Å². The van der Waals surface area contributed by atoms with Crippen LogP contribution in [0, 0.1) is 12.7 Å². The summed E-state index contributed by atoms with van der Waals surface area (Å²) in [6.07, 6.45) is 0. The fraction of sp³-hybridized carbons (Fsp3) is 0.100. The molecule has 0 spiro atoms. The van der Waals surface area contributed by atoms with Crippen LogP contribution in [0.2, 0.25) is 0 Å². The Morgan fingerprint density at radius 3 is 2.86 bits per heavy atom. The van der Waals surface area contributed by atoms with Crippen molar-refractivity contribution in [2.75, 3.05) is 0 Å². The zero-order valence-corrected chi connectivity index (χ0v) is 7.37. The van der Waals surface area contributed by atoms with Crippen LogP contribution in [0.1, 0.15) is 16.1 Å². The minimum absolute atomic E-state index is 0.0273.